The van der Waals surface area contributed by atoms with Crippen LogP contribution in [0.3, 0.4) is 0 Å². The molecule has 0 N–H and O–H groups in total. The third kappa shape index (κ3) is 7.47. The summed E-state index contributed by atoms with van der Waals surface area (Å²) in [4.78, 5) is 0. The van der Waals surface area contributed by atoms with Crippen LogP contribution in [0, 0.1) is 0 Å². The zero-order chi connectivity index (χ0) is 25.7. The summed E-state index contributed by atoms with van der Waals surface area (Å²) < 4.78 is 0. The third-order valence-corrected chi connectivity index (χ3v) is 8.93. The van der Waals surface area contributed by atoms with E-state index in [4.69, 9.17) is 0 Å². The van der Waals surface area contributed by atoms with Crippen LogP contribution in [0.5, 0.6) is 0 Å². The molecule has 0 nitrogen and oxygen atoms in total. The van der Waals surface area contributed by atoms with E-state index >= 15 is 0 Å². The predicted octanol–water partition coefficient (Wildman–Crippen LogP) is 8.01. The Balaban J connectivity index is 0.000000164. The van der Waals surface area contributed by atoms with Gasteiger partial charge in [0, 0.05) is 0 Å². The first kappa shape index (κ1) is 27.0. The standard InChI is InChI=1S/C18H15P.C16H13.ClH.Ni/c1-4-10-16(11-5-1)19(17-12-6-2-7-13-17)18-14-8-3-9-15-18;1-2-6-13(7-3-1)12-15-11-10-14-8-4-5-9-16(14)15;;/h1-15H;1-11H,12H2;1H;/q;-1;;+1. The molecule has 0 spiro atoms. The number of fused-ring (bicyclic) bond motifs is 1. The Kier molecular flexibility index (Phi) is 10.6. The second kappa shape index (κ2) is 14.6. The molecule has 0 unspecified atom stereocenters. The Labute approximate surface area is 233 Å². The molecule has 6 aromatic rings. The van der Waals surface area contributed by atoms with Gasteiger partial charge in [-0.3, -0.25) is 0 Å². The normalized spacial score (nSPS) is 10.3. The van der Waals surface area contributed by atoms with Crippen LogP contribution in [-0.2, 0) is 21.0 Å². The van der Waals surface area contributed by atoms with Crippen LogP contribution in [0.1, 0.15) is 11.1 Å². The largest absolute Gasteiger partial charge is 0.168 e. The van der Waals surface area contributed by atoms with Gasteiger partial charge in [0.05, 0.1) is 7.92 Å². The van der Waals surface area contributed by atoms with Crippen LogP contribution in [0.2, 0.25) is 0 Å². The van der Waals surface area contributed by atoms with Gasteiger partial charge in [0.25, 0.3) is 0 Å². The van der Waals surface area contributed by atoms with Crippen LogP contribution in [0.15, 0.2) is 158 Å². The quantitative estimate of drug-likeness (QED) is 0.113. The van der Waals surface area contributed by atoms with Gasteiger partial charge in [-0.25, -0.2) is 0 Å². The van der Waals surface area contributed by atoms with Crippen molar-refractivity contribution in [1.82, 2.24) is 0 Å². The van der Waals surface area contributed by atoms with Gasteiger partial charge in [-0.2, -0.15) is 6.07 Å². The van der Waals surface area contributed by atoms with E-state index in [-0.39, 0.29) is 0 Å². The summed E-state index contributed by atoms with van der Waals surface area (Å²) in [6.45, 7) is 0. The summed E-state index contributed by atoms with van der Waals surface area (Å²) in [5.41, 5.74) is 2.79. The molecule has 0 aliphatic rings. The fourth-order valence-corrected chi connectivity index (χ4v) is 7.08. The van der Waals surface area contributed by atoms with Crippen molar-refractivity contribution < 1.29 is 14.6 Å². The van der Waals surface area contributed by atoms with Gasteiger partial charge in [0.15, 0.2) is 0 Å². The summed E-state index contributed by atoms with van der Waals surface area (Å²) in [5, 5.41) is 7.03. The van der Waals surface area contributed by atoms with Crippen LogP contribution >= 0.6 is 18.1 Å². The summed E-state index contributed by atoms with van der Waals surface area (Å²) >= 11 is 3.35. The SMILES string of the molecule is [Cl][Ni].c1ccc(C[c-]2ccc3ccccc32)cc1.c1ccc([PH+](c2ccccc2)c2ccccc2)cc1. The van der Waals surface area contributed by atoms with Crippen molar-refractivity contribution in [1.29, 1.82) is 0 Å². The number of hydrogen-bond donors (Lipinski definition) is 0. The zero-order valence-electron chi connectivity index (χ0n) is 20.4. The molecule has 0 aliphatic carbocycles. The maximum Gasteiger partial charge on any atom is 0.102 e. The molecule has 0 saturated carbocycles. The van der Waals surface area contributed by atoms with Gasteiger partial charge in [0.1, 0.15) is 15.9 Å². The van der Waals surface area contributed by atoms with E-state index < -0.39 is 7.92 Å². The summed E-state index contributed by atoms with van der Waals surface area (Å²) in [6.07, 6.45) is 1.02. The predicted molar refractivity (Wildman–Crippen MR) is 161 cm³/mol. The van der Waals surface area contributed by atoms with E-state index in [1.54, 1.807) is 0 Å². The second-order valence-electron chi connectivity index (χ2n) is 8.58. The average Bonchev–Trinajstić information content (AvgIpc) is 3.40. The maximum atomic E-state index is 4.26. The molecule has 0 aromatic heterocycles. The molecule has 0 radical (unpaired) electrons. The molecular formula is C34H29ClNiP. The Morgan fingerprint density at radius 1 is 0.486 bits per heavy atom. The van der Waals surface area contributed by atoms with Crippen LogP contribution in [0.25, 0.3) is 10.8 Å². The molecule has 0 aliphatic heterocycles. The van der Waals surface area contributed by atoms with Gasteiger partial charge in [0.2, 0.25) is 0 Å². The van der Waals surface area contributed by atoms with E-state index in [9.17, 15) is 0 Å². The fourth-order valence-electron chi connectivity index (χ4n) is 4.50. The van der Waals surface area contributed by atoms with Crippen molar-refractivity contribution in [3.8, 4) is 0 Å². The number of halogens is 1. The first-order valence-electron chi connectivity index (χ1n) is 12.2. The van der Waals surface area contributed by atoms with E-state index in [0.29, 0.717) is 0 Å². The van der Waals surface area contributed by atoms with Crippen LogP contribution in [-0.4, -0.2) is 0 Å². The average molecular weight is 563 g/mol. The van der Waals surface area contributed by atoms with Gasteiger partial charge in [-0.1, -0.05) is 96.6 Å². The number of hydrogen-bond acceptors (Lipinski definition) is 0. The zero-order valence-corrected chi connectivity index (χ0v) is 23.2. The minimum Gasteiger partial charge on any atom is -0.168 e. The molecule has 0 bridgehead atoms. The minimum atomic E-state index is -0.877. The Hall–Kier alpha value is -3.08. The summed E-state index contributed by atoms with van der Waals surface area (Å²) in [5.74, 6) is 0. The van der Waals surface area contributed by atoms with Crippen molar-refractivity contribution in [2.45, 2.75) is 6.42 Å². The van der Waals surface area contributed by atoms with Gasteiger partial charge in [-0.15, -0.1) is 40.6 Å². The first-order valence-corrected chi connectivity index (χ1v) is 15.1. The fraction of sp³-hybridized carbons (Fsp3) is 0.0294. The molecular weight excluding hydrogens is 533 g/mol. The number of rotatable bonds is 5. The Morgan fingerprint density at radius 3 is 1.38 bits per heavy atom. The molecule has 6 aromatic carbocycles. The molecule has 0 heterocycles. The van der Waals surface area contributed by atoms with Gasteiger partial charge in [-0.05, 0) is 42.8 Å². The molecule has 37 heavy (non-hydrogen) atoms. The summed E-state index contributed by atoms with van der Waals surface area (Å²) in [6, 6.07) is 56.1. The Bertz CT molecular complexity index is 1360. The third-order valence-electron chi connectivity index (χ3n) is 6.20. The molecule has 0 saturated heterocycles. The van der Waals surface area contributed by atoms with Crippen molar-refractivity contribution in [3.05, 3.63) is 169 Å². The molecule has 6 rings (SSSR count). The molecule has 187 valence electrons. The van der Waals surface area contributed by atoms with Gasteiger partial charge >= 0.3 is 24.8 Å². The second-order valence-corrected chi connectivity index (χ2v) is 11.1. The topological polar surface area (TPSA) is 0 Å². The molecule has 3 heteroatoms. The van der Waals surface area contributed by atoms with Crippen molar-refractivity contribution in [2.75, 3.05) is 0 Å². The Morgan fingerprint density at radius 2 is 0.892 bits per heavy atom. The maximum absolute atomic E-state index is 4.26. The smallest absolute Gasteiger partial charge is 0.102 e. The van der Waals surface area contributed by atoms with E-state index in [1.165, 1.54) is 37.8 Å². The molecule has 0 fully saturated rings. The first-order chi connectivity index (χ1) is 18.4. The summed E-state index contributed by atoms with van der Waals surface area (Å²) in [7, 11) is 3.39. The molecule has 0 amide bonds. The van der Waals surface area contributed by atoms with Crippen molar-refractivity contribution in [3.63, 3.8) is 0 Å². The number of benzene rings is 5. The minimum absolute atomic E-state index is 0.877. The van der Waals surface area contributed by atoms with Crippen molar-refractivity contribution >= 4 is 44.8 Å². The van der Waals surface area contributed by atoms with Crippen LogP contribution < -0.4 is 15.9 Å². The van der Waals surface area contributed by atoms with Gasteiger partial charge < -0.3 is 0 Å². The van der Waals surface area contributed by atoms with Crippen LogP contribution in [0.4, 0.5) is 0 Å². The van der Waals surface area contributed by atoms with Crippen molar-refractivity contribution in [2.24, 2.45) is 0 Å². The monoisotopic (exact) mass is 561 g/mol. The van der Waals surface area contributed by atoms with E-state index in [1.807, 2.05) is 0 Å². The molecule has 0 atom stereocenters. The van der Waals surface area contributed by atoms with E-state index in [2.05, 4.69) is 182 Å². The van der Waals surface area contributed by atoms with E-state index in [0.717, 1.165) is 6.42 Å².